The van der Waals surface area contributed by atoms with E-state index in [1.165, 1.54) is 19.3 Å². The summed E-state index contributed by atoms with van der Waals surface area (Å²) < 4.78 is 0. The molecule has 1 aromatic rings. The van der Waals surface area contributed by atoms with Crippen molar-refractivity contribution < 1.29 is 0 Å². The summed E-state index contributed by atoms with van der Waals surface area (Å²) in [6, 6.07) is 9.88. The van der Waals surface area contributed by atoms with E-state index >= 15 is 0 Å². The Hall–Kier alpha value is -1.75. The van der Waals surface area contributed by atoms with Crippen LogP contribution in [-0.2, 0) is 0 Å². The summed E-state index contributed by atoms with van der Waals surface area (Å²) in [7, 11) is 0. The van der Waals surface area contributed by atoms with E-state index in [9.17, 15) is 5.26 Å². The van der Waals surface area contributed by atoms with Crippen LogP contribution >= 0.6 is 0 Å². The van der Waals surface area contributed by atoms with Gasteiger partial charge in [-0.15, -0.1) is 0 Å². The second kappa shape index (κ2) is 7.49. The van der Waals surface area contributed by atoms with Gasteiger partial charge in [0.1, 0.15) is 6.07 Å². The standard InChI is InChI=1S/C20H28N2/c1-14(2)19-10-9-15(3)11-18(19)12-16(4)22-20-8-6-5-7-17(20)13-21/h5-8,14-15,18-19,22H,4,9-12H2,1-3H3. The molecule has 0 amide bonds. The van der Waals surface area contributed by atoms with Crippen LogP contribution in [0.3, 0.4) is 0 Å². The van der Waals surface area contributed by atoms with Gasteiger partial charge in [-0.25, -0.2) is 0 Å². The summed E-state index contributed by atoms with van der Waals surface area (Å²) in [5.41, 5.74) is 2.59. The van der Waals surface area contributed by atoms with E-state index in [1.807, 2.05) is 24.3 Å². The van der Waals surface area contributed by atoms with Crippen LogP contribution in [0.2, 0.25) is 0 Å². The van der Waals surface area contributed by atoms with E-state index in [0.717, 1.165) is 35.6 Å². The summed E-state index contributed by atoms with van der Waals surface area (Å²) in [5, 5.41) is 12.5. The second-order valence-corrected chi connectivity index (χ2v) is 7.18. The molecule has 3 atom stereocenters. The molecule has 118 valence electrons. The van der Waals surface area contributed by atoms with Crippen LogP contribution in [0, 0.1) is 35.0 Å². The van der Waals surface area contributed by atoms with Crippen molar-refractivity contribution in [1.82, 2.24) is 0 Å². The van der Waals surface area contributed by atoms with Crippen molar-refractivity contribution in [2.75, 3.05) is 5.32 Å². The molecule has 1 saturated carbocycles. The number of nitrogens with one attached hydrogen (secondary N) is 1. The lowest BCUT2D eigenvalue weighted by Gasteiger charge is -2.38. The lowest BCUT2D eigenvalue weighted by atomic mass is 9.68. The maximum Gasteiger partial charge on any atom is 0.101 e. The Morgan fingerprint density at radius 1 is 1.36 bits per heavy atom. The first-order chi connectivity index (χ1) is 10.5. The van der Waals surface area contributed by atoms with Crippen molar-refractivity contribution in [2.24, 2.45) is 23.7 Å². The van der Waals surface area contributed by atoms with Gasteiger partial charge in [0.25, 0.3) is 0 Å². The molecule has 1 aromatic carbocycles. The van der Waals surface area contributed by atoms with E-state index in [0.29, 0.717) is 11.5 Å². The smallest absolute Gasteiger partial charge is 0.101 e. The van der Waals surface area contributed by atoms with Gasteiger partial charge < -0.3 is 5.32 Å². The zero-order chi connectivity index (χ0) is 16.1. The average Bonchev–Trinajstić information content (AvgIpc) is 2.47. The van der Waals surface area contributed by atoms with Crippen molar-refractivity contribution in [3.05, 3.63) is 42.1 Å². The number of nitriles is 1. The molecule has 0 saturated heterocycles. The Morgan fingerprint density at radius 2 is 2.09 bits per heavy atom. The molecule has 0 aliphatic heterocycles. The van der Waals surface area contributed by atoms with Gasteiger partial charge >= 0.3 is 0 Å². The van der Waals surface area contributed by atoms with Gasteiger partial charge in [-0.3, -0.25) is 0 Å². The molecule has 2 heteroatoms. The van der Waals surface area contributed by atoms with Crippen molar-refractivity contribution in [3.8, 4) is 6.07 Å². The molecule has 3 unspecified atom stereocenters. The van der Waals surface area contributed by atoms with Crippen molar-refractivity contribution in [1.29, 1.82) is 5.26 Å². The largest absolute Gasteiger partial charge is 0.358 e. The maximum atomic E-state index is 9.18. The molecule has 2 rings (SSSR count). The fourth-order valence-electron chi connectivity index (χ4n) is 3.88. The minimum absolute atomic E-state index is 0.682. The van der Waals surface area contributed by atoms with Crippen LogP contribution in [0.15, 0.2) is 36.5 Å². The summed E-state index contributed by atoms with van der Waals surface area (Å²) in [6.07, 6.45) is 5.00. The fraction of sp³-hybridized carbons (Fsp3) is 0.550. The number of anilines is 1. The Bertz CT molecular complexity index is 553. The number of nitrogens with zero attached hydrogens (tertiary/aromatic N) is 1. The Kier molecular flexibility index (Phi) is 5.66. The van der Waals surface area contributed by atoms with Crippen molar-refractivity contribution in [3.63, 3.8) is 0 Å². The van der Waals surface area contributed by atoms with Gasteiger partial charge in [0, 0.05) is 5.70 Å². The number of rotatable bonds is 5. The molecule has 0 heterocycles. The van der Waals surface area contributed by atoms with Gasteiger partial charge in [0.2, 0.25) is 0 Å². The van der Waals surface area contributed by atoms with Crippen LogP contribution in [0.4, 0.5) is 5.69 Å². The molecule has 1 aliphatic rings. The summed E-state index contributed by atoms with van der Waals surface area (Å²) in [5.74, 6) is 3.05. The van der Waals surface area contributed by atoms with Crippen LogP contribution in [-0.4, -0.2) is 0 Å². The third-order valence-corrected chi connectivity index (χ3v) is 5.03. The first-order valence-corrected chi connectivity index (χ1v) is 8.45. The molecule has 0 aromatic heterocycles. The summed E-state index contributed by atoms with van der Waals surface area (Å²) in [4.78, 5) is 0. The summed E-state index contributed by atoms with van der Waals surface area (Å²) >= 11 is 0. The highest BCUT2D eigenvalue weighted by Crippen LogP contribution is 2.40. The van der Waals surface area contributed by atoms with Gasteiger partial charge in [0.05, 0.1) is 11.3 Å². The third kappa shape index (κ3) is 4.13. The fourth-order valence-corrected chi connectivity index (χ4v) is 3.88. The average molecular weight is 296 g/mol. The van der Waals surface area contributed by atoms with Gasteiger partial charge in [0.15, 0.2) is 0 Å². The first kappa shape index (κ1) is 16.6. The molecule has 22 heavy (non-hydrogen) atoms. The highest BCUT2D eigenvalue weighted by Gasteiger charge is 2.30. The minimum Gasteiger partial charge on any atom is -0.358 e. The Morgan fingerprint density at radius 3 is 2.77 bits per heavy atom. The number of allylic oxidation sites excluding steroid dienone is 1. The van der Waals surface area contributed by atoms with E-state index < -0.39 is 0 Å². The predicted octanol–water partition coefficient (Wildman–Crippen LogP) is 5.58. The quantitative estimate of drug-likeness (QED) is 0.769. The van der Waals surface area contributed by atoms with Crippen LogP contribution in [0.25, 0.3) is 0 Å². The SMILES string of the molecule is C=C(CC1CC(C)CCC1C(C)C)Nc1ccccc1C#N. The Balaban J connectivity index is 2.02. The Labute approximate surface area is 135 Å². The van der Waals surface area contributed by atoms with Gasteiger partial charge in [-0.2, -0.15) is 5.26 Å². The molecular weight excluding hydrogens is 268 g/mol. The molecule has 0 radical (unpaired) electrons. The number of hydrogen-bond donors (Lipinski definition) is 1. The molecule has 0 bridgehead atoms. The summed E-state index contributed by atoms with van der Waals surface area (Å²) in [6.45, 7) is 11.3. The monoisotopic (exact) mass is 296 g/mol. The first-order valence-electron chi connectivity index (χ1n) is 8.45. The third-order valence-electron chi connectivity index (χ3n) is 5.03. The second-order valence-electron chi connectivity index (χ2n) is 7.18. The van der Waals surface area contributed by atoms with Gasteiger partial charge in [-0.1, -0.05) is 45.9 Å². The normalized spacial score (nSPS) is 24.8. The van der Waals surface area contributed by atoms with E-state index in [4.69, 9.17) is 0 Å². The highest BCUT2D eigenvalue weighted by molar-refractivity contribution is 5.59. The van der Waals surface area contributed by atoms with Crippen LogP contribution < -0.4 is 5.32 Å². The highest BCUT2D eigenvalue weighted by atomic mass is 14.9. The molecule has 1 N–H and O–H groups in total. The lowest BCUT2D eigenvalue weighted by molar-refractivity contribution is 0.144. The lowest BCUT2D eigenvalue weighted by Crippen LogP contribution is -2.28. The number of hydrogen-bond acceptors (Lipinski definition) is 2. The molecular formula is C20H28N2. The zero-order valence-electron chi connectivity index (χ0n) is 14.1. The minimum atomic E-state index is 0.682. The van der Waals surface area contributed by atoms with E-state index in [-0.39, 0.29) is 0 Å². The van der Waals surface area contributed by atoms with Crippen LogP contribution in [0.1, 0.15) is 52.0 Å². The number of benzene rings is 1. The van der Waals surface area contributed by atoms with Crippen molar-refractivity contribution >= 4 is 5.69 Å². The van der Waals surface area contributed by atoms with Crippen LogP contribution in [0.5, 0.6) is 0 Å². The molecule has 0 spiro atoms. The molecule has 1 fully saturated rings. The molecule has 1 aliphatic carbocycles. The predicted molar refractivity (Wildman–Crippen MR) is 93.4 cm³/mol. The van der Waals surface area contributed by atoms with Crippen molar-refractivity contribution in [2.45, 2.75) is 46.5 Å². The maximum absolute atomic E-state index is 9.18. The topological polar surface area (TPSA) is 35.8 Å². The molecule has 2 nitrogen and oxygen atoms in total. The number of para-hydroxylation sites is 1. The zero-order valence-corrected chi connectivity index (χ0v) is 14.1. The van der Waals surface area contributed by atoms with Gasteiger partial charge in [-0.05, 0) is 55.1 Å². The van der Waals surface area contributed by atoms with E-state index in [1.54, 1.807) is 0 Å². The van der Waals surface area contributed by atoms with E-state index in [2.05, 4.69) is 38.7 Å².